The van der Waals surface area contributed by atoms with Gasteiger partial charge in [0.25, 0.3) is 5.69 Å². The first-order valence-corrected chi connectivity index (χ1v) is 6.31. The standard InChI is InChI=1S/C10H10N6O4S/c1-15-9(17)12-13-10(15)21-7-3-2-5(8(11)14-18)4-6(7)16(19)20/h2-4,18H,1H3,(H2,11,14)(H,12,17). The number of nitrogens with one attached hydrogen (secondary N) is 1. The van der Waals surface area contributed by atoms with E-state index in [0.29, 0.717) is 0 Å². The fourth-order valence-corrected chi connectivity index (χ4v) is 2.37. The minimum atomic E-state index is -0.596. The third kappa shape index (κ3) is 2.86. The van der Waals surface area contributed by atoms with Gasteiger partial charge in [0.2, 0.25) is 0 Å². The smallest absolute Gasteiger partial charge is 0.343 e. The Morgan fingerprint density at radius 2 is 2.33 bits per heavy atom. The monoisotopic (exact) mass is 310 g/mol. The molecule has 0 saturated carbocycles. The van der Waals surface area contributed by atoms with Crippen molar-refractivity contribution in [3.63, 3.8) is 0 Å². The normalized spacial score (nSPS) is 11.6. The lowest BCUT2D eigenvalue weighted by atomic mass is 10.2. The van der Waals surface area contributed by atoms with E-state index in [0.717, 1.165) is 11.8 Å². The summed E-state index contributed by atoms with van der Waals surface area (Å²) in [5.74, 6) is -0.234. The molecule has 11 heteroatoms. The van der Waals surface area contributed by atoms with Gasteiger partial charge in [0, 0.05) is 18.7 Å². The Morgan fingerprint density at radius 3 is 2.86 bits per heavy atom. The van der Waals surface area contributed by atoms with Crippen molar-refractivity contribution in [3.05, 3.63) is 44.4 Å². The molecule has 0 atom stereocenters. The predicted octanol–water partition coefficient (Wildman–Crippen LogP) is 0.262. The molecule has 0 aliphatic carbocycles. The fraction of sp³-hybridized carbons (Fsp3) is 0.100. The molecule has 1 aromatic heterocycles. The number of H-pyrrole nitrogens is 1. The van der Waals surface area contributed by atoms with Crippen LogP contribution in [0, 0.1) is 10.1 Å². The highest BCUT2D eigenvalue weighted by Crippen LogP contribution is 2.33. The third-order valence-corrected chi connectivity index (χ3v) is 3.71. The van der Waals surface area contributed by atoms with Crippen molar-refractivity contribution in [2.24, 2.45) is 17.9 Å². The molecule has 1 aromatic carbocycles. The maximum absolute atomic E-state index is 11.3. The molecule has 0 aliphatic heterocycles. The Labute approximate surface area is 121 Å². The molecule has 2 rings (SSSR count). The number of nitrogens with zero attached hydrogens (tertiary/aromatic N) is 4. The van der Waals surface area contributed by atoms with Crippen LogP contribution in [-0.4, -0.2) is 30.7 Å². The van der Waals surface area contributed by atoms with Crippen LogP contribution in [0.2, 0.25) is 0 Å². The number of hydrogen-bond donors (Lipinski definition) is 3. The largest absolute Gasteiger partial charge is 0.409 e. The molecule has 0 fully saturated rings. The maximum atomic E-state index is 11.3. The van der Waals surface area contributed by atoms with Crippen LogP contribution in [0.25, 0.3) is 0 Å². The quantitative estimate of drug-likeness (QED) is 0.241. The molecule has 0 unspecified atom stereocenters. The van der Waals surface area contributed by atoms with E-state index < -0.39 is 10.6 Å². The van der Waals surface area contributed by atoms with Crippen molar-refractivity contribution in [2.75, 3.05) is 0 Å². The van der Waals surface area contributed by atoms with Crippen LogP contribution in [-0.2, 0) is 7.05 Å². The molecule has 0 aliphatic rings. The Kier molecular flexibility index (Phi) is 3.93. The second-order valence-electron chi connectivity index (χ2n) is 3.90. The zero-order valence-corrected chi connectivity index (χ0v) is 11.5. The second kappa shape index (κ2) is 5.66. The molecule has 0 amide bonds. The van der Waals surface area contributed by atoms with E-state index in [2.05, 4.69) is 15.4 Å². The summed E-state index contributed by atoms with van der Waals surface area (Å²) >= 11 is 0.954. The van der Waals surface area contributed by atoms with Crippen molar-refractivity contribution in [1.29, 1.82) is 0 Å². The van der Waals surface area contributed by atoms with E-state index in [1.54, 1.807) is 0 Å². The van der Waals surface area contributed by atoms with E-state index in [1.807, 2.05) is 0 Å². The van der Waals surface area contributed by atoms with Gasteiger partial charge in [-0.15, -0.1) is 5.10 Å². The summed E-state index contributed by atoms with van der Waals surface area (Å²) in [6.07, 6.45) is 0. The van der Waals surface area contributed by atoms with Gasteiger partial charge in [0.05, 0.1) is 9.82 Å². The molecular formula is C10H10N6O4S. The van der Waals surface area contributed by atoms with Gasteiger partial charge >= 0.3 is 5.69 Å². The number of amidine groups is 1. The van der Waals surface area contributed by atoms with Crippen LogP contribution in [0.4, 0.5) is 5.69 Å². The van der Waals surface area contributed by atoms with Crippen molar-refractivity contribution < 1.29 is 10.1 Å². The highest BCUT2D eigenvalue weighted by molar-refractivity contribution is 7.99. The minimum absolute atomic E-state index is 0.212. The topological polar surface area (TPSA) is 152 Å². The summed E-state index contributed by atoms with van der Waals surface area (Å²) in [7, 11) is 1.49. The Bertz CT molecular complexity index is 780. The Hall–Kier alpha value is -2.82. The molecule has 2 aromatic rings. The van der Waals surface area contributed by atoms with E-state index in [9.17, 15) is 14.9 Å². The number of hydrogen-bond acceptors (Lipinski definition) is 7. The summed E-state index contributed by atoms with van der Waals surface area (Å²) in [5.41, 5.74) is 4.95. The molecule has 0 radical (unpaired) electrons. The van der Waals surface area contributed by atoms with Crippen LogP contribution in [0.1, 0.15) is 5.56 Å². The highest BCUT2D eigenvalue weighted by Gasteiger charge is 2.19. The number of benzene rings is 1. The highest BCUT2D eigenvalue weighted by atomic mass is 32.2. The van der Waals surface area contributed by atoms with E-state index in [-0.39, 0.29) is 27.1 Å². The van der Waals surface area contributed by atoms with Gasteiger partial charge in [0.1, 0.15) is 0 Å². The van der Waals surface area contributed by atoms with E-state index in [4.69, 9.17) is 10.9 Å². The first kappa shape index (κ1) is 14.6. The van der Waals surface area contributed by atoms with Gasteiger partial charge in [-0.05, 0) is 23.9 Å². The lowest BCUT2D eigenvalue weighted by molar-refractivity contribution is -0.387. The molecule has 1 heterocycles. The van der Waals surface area contributed by atoms with E-state index in [1.165, 1.54) is 29.8 Å². The van der Waals surface area contributed by atoms with Crippen molar-refractivity contribution >= 4 is 23.3 Å². The van der Waals surface area contributed by atoms with Gasteiger partial charge < -0.3 is 10.9 Å². The number of nitrogens with two attached hydrogens (primary N) is 1. The maximum Gasteiger partial charge on any atom is 0.343 e. The number of aromatic amines is 1. The summed E-state index contributed by atoms with van der Waals surface area (Å²) in [6, 6.07) is 4.09. The van der Waals surface area contributed by atoms with Gasteiger partial charge in [0.15, 0.2) is 11.0 Å². The van der Waals surface area contributed by atoms with Gasteiger partial charge in [-0.1, -0.05) is 5.16 Å². The molecule has 0 spiro atoms. The lowest BCUT2D eigenvalue weighted by Gasteiger charge is -2.04. The summed E-state index contributed by atoms with van der Waals surface area (Å²) in [4.78, 5) is 22.1. The first-order chi connectivity index (χ1) is 9.93. The average Bonchev–Trinajstić information content (AvgIpc) is 2.78. The van der Waals surface area contributed by atoms with Crippen LogP contribution in [0.3, 0.4) is 0 Å². The van der Waals surface area contributed by atoms with Gasteiger partial charge in [-0.25, -0.2) is 9.89 Å². The predicted molar refractivity (Wildman–Crippen MR) is 73.6 cm³/mol. The second-order valence-corrected chi connectivity index (χ2v) is 4.91. The zero-order valence-electron chi connectivity index (χ0n) is 10.7. The molecule has 10 nitrogen and oxygen atoms in total. The van der Waals surface area contributed by atoms with Crippen LogP contribution >= 0.6 is 11.8 Å². The molecule has 21 heavy (non-hydrogen) atoms. The van der Waals surface area contributed by atoms with E-state index >= 15 is 0 Å². The SMILES string of the molecule is Cn1c(Sc2ccc(C(N)=NO)cc2[N+](=O)[O-])n[nH]c1=O. The molecule has 0 bridgehead atoms. The average molecular weight is 310 g/mol. The first-order valence-electron chi connectivity index (χ1n) is 5.49. The van der Waals surface area contributed by atoms with Crippen LogP contribution in [0.15, 0.2) is 38.2 Å². The fourth-order valence-electron chi connectivity index (χ4n) is 1.49. The molecule has 0 saturated heterocycles. The van der Waals surface area contributed by atoms with Gasteiger partial charge in [-0.3, -0.25) is 14.7 Å². The number of rotatable bonds is 4. The number of nitro groups is 1. The summed E-state index contributed by atoms with van der Waals surface area (Å²) < 4.78 is 1.23. The zero-order chi connectivity index (χ0) is 15.6. The van der Waals surface area contributed by atoms with Crippen molar-refractivity contribution in [3.8, 4) is 0 Å². The van der Waals surface area contributed by atoms with Crippen molar-refractivity contribution in [2.45, 2.75) is 10.1 Å². The molecule has 110 valence electrons. The van der Waals surface area contributed by atoms with Crippen LogP contribution in [0.5, 0.6) is 0 Å². The summed E-state index contributed by atoms with van der Waals surface area (Å²) in [6.45, 7) is 0. The lowest BCUT2D eigenvalue weighted by Crippen LogP contribution is -2.13. The number of aromatic nitrogens is 3. The van der Waals surface area contributed by atoms with Gasteiger partial charge in [-0.2, -0.15) is 0 Å². The number of nitro benzene ring substituents is 1. The molecular weight excluding hydrogens is 300 g/mol. The Morgan fingerprint density at radius 1 is 1.62 bits per heavy atom. The molecule has 4 N–H and O–H groups in total. The Balaban J connectivity index is 2.46. The third-order valence-electron chi connectivity index (χ3n) is 2.60. The minimum Gasteiger partial charge on any atom is -0.409 e. The summed E-state index contributed by atoms with van der Waals surface area (Å²) in [5, 5.41) is 28.8. The number of oxime groups is 1. The van der Waals surface area contributed by atoms with Crippen LogP contribution < -0.4 is 11.4 Å². The van der Waals surface area contributed by atoms with Crippen molar-refractivity contribution in [1.82, 2.24) is 14.8 Å².